The molecular weight excluding hydrogens is 637 g/mol. The number of pyridine rings is 3. The van der Waals surface area contributed by atoms with Crippen molar-refractivity contribution >= 4 is 17.7 Å². The number of rotatable bonds is 6. The van der Waals surface area contributed by atoms with Crippen molar-refractivity contribution in [2.45, 2.75) is 117 Å². The Labute approximate surface area is 301 Å². The van der Waals surface area contributed by atoms with Gasteiger partial charge in [0, 0.05) is 35.3 Å². The van der Waals surface area contributed by atoms with Crippen molar-refractivity contribution in [1.82, 2.24) is 15.0 Å². The average Bonchev–Trinajstić information content (AvgIpc) is 3.53. The molecule has 0 amide bonds. The minimum atomic E-state index is -0.416. The van der Waals surface area contributed by atoms with Crippen LogP contribution in [0.25, 0.3) is 33.8 Å². The second-order valence-corrected chi connectivity index (χ2v) is 16.9. The molecule has 0 bridgehead atoms. The number of ether oxygens (including phenoxy) is 3. The van der Waals surface area contributed by atoms with Gasteiger partial charge in [-0.15, -0.1) is 0 Å². The Morgan fingerprint density at radius 2 is 0.608 bits per heavy atom. The van der Waals surface area contributed by atoms with Crippen LogP contribution in [0.5, 0.6) is 0 Å². The summed E-state index contributed by atoms with van der Waals surface area (Å²) in [6.45, 7) is 24.9. The van der Waals surface area contributed by atoms with E-state index in [-0.39, 0.29) is 16.6 Å². The van der Waals surface area contributed by atoms with Crippen LogP contribution in [-0.2, 0) is 14.2 Å². The van der Waals surface area contributed by atoms with Gasteiger partial charge in [0.05, 0.1) is 50.4 Å². The van der Waals surface area contributed by atoms with Crippen LogP contribution in [0.2, 0.25) is 0 Å². The van der Waals surface area contributed by atoms with Gasteiger partial charge >= 0.3 is 0 Å². The van der Waals surface area contributed by atoms with E-state index in [2.05, 4.69) is 101 Å². The summed E-state index contributed by atoms with van der Waals surface area (Å²) in [5.41, 5.74) is 5.46. The summed E-state index contributed by atoms with van der Waals surface area (Å²) in [6.07, 6.45) is 5.48. The molecule has 3 aliphatic rings. The SMILES string of the molecule is CC1(C)N=C(c2ccc(-c3cc(-c4ccc(C5=NC(C)(C)C(C)(C)O5)cn4)cc(-c4ccc(C5=NC(C)(C)C(C)(C)O5)cn4)c3)nc2)OC1(C)C. The molecule has 0 unspecified atom stereocenters. The summed E-state index contributed by atoms with van der Waals surface area (Å²) < 4.78 is 18.7. The van der Waals surface area contributed by atoms with E-state index in [1.165, 1.54) is 0 Å². The van der Waals surface area contributed by atoms with Gasteiger partial charge in [0.15, 0.2) is 0 Å². The lowest BCUT2D eigenvalue weighted by Gasteiger charge is -2.30. The molecule has 0 saturated carbocycles. The minimum absolute atomic E-state index is 0.346. The highest BCUT2D eigenvalue weighted by Gasteiger charge is 2.47. The number of aliphatic imine (C=N–C) groups is 3. The molecule has 51 heavy (non-hydrogen) atoms. The topological polar surface area (TPSA) is 103 Å². The molecule has 0 atom stereocenters. The zero-order valence-corrected chi connectivity index (χ0v) is 31.8. The second kappa shape index (κ2) is 11.3. The van der Waals surface area contributed by atoms with Crippen LogP contribution in [0.15, 0.2) is 88.2 Å². The largest absolute Gasteiger partial charge is 0.469 e. The zero-order chi connectivity index (χ0) is 36.8. The van der Waals surface area contributed by atoms with Crippen LogP contribution in [0.1, 0.15) is 99.8 Å². The first-order valence-electron chi connectivity index (χ1n) is 17.6. The summed E-state index contributed by atoms with van der Waals surface area (Å²) in [4.78, 5) is 29.2. The van der Waals surface area contributed by atoms with Crippen LogP contribution in [0.4, 0.5) is 0 Å². The quantitative estimate of drug-likeness (QED) is 0.201. The monoisotopic (exact) mass is 684 g/mol. The second-order valence-electron chi connectivity index (χ2n) is 16.9. The summed E-state index contributed by atoms with van der Waals surface area (Å²) >= 11 is 0. The Hall–Kier alpha value is -4.92. The van der Waals surface area contributed by atoms with Gasteiger partial charge in [-0.2, -0.15) is 0 Å². The van der Waals surface area contributed by atoms with Crippen molar-refractivity contribution in [1.29, 1.82) is 0 Å². The number of hydrogen-bond donors (Lipinski definition) is 0. The summed E-state index contributed by atoms with van der Waals surface area (Å²) in [5.74, 6) is 1.83. The molecule has 0 saturated heterocycles. The van der Waals surface area contributed by atoms with Crippen LogP contribution < -0.4 is 0 Å². The van der Waals surface area contributed by atoms with E-state index in [1.807, 2.05) is 55.0 Å². The maximum Gasteiger partial charge on any atom is 0.218 e. The summed E-state index contributed by atoms with van der Waals surface area (Å²) in [7, 11) is 0. The Balaban J connectivity index is 1.25. The molecule has 4 aromatic rings. The van der Waals surface area contributed by atoms with Crippen LogP contribution in [0, 0.1) is 0 Å². The Bertz CT molecular complexity index is 1850. The predicted molar refractivity (Wildman–Crippen MR) is 203 cm³/mol. The average molecular weight is 685 g/mol. The fourth-order valence-corrected chi connectivity index (χ4v) is 5.85. The molecule has 3 aromatic heterocycles. The zero-order valence-electron chi connectivity index (χ0n) is 31.8. The molecule has 0 fully saturated rings. The van der Waals surface area contributed by atoms with Gasteiger partial charge in [-0.25, -0.2) is 15.0 Å². The fraction of sp³-hybridized carbons (Fsp3) is 0.429. The van der Waals surface area contributed by atoms with Crippen molar-refractivity contribution in [2.75, 3.05) is 0 Å². The smallest absolute Gasteiger partial charge is 0.218 e. The molecule has 264 valence electrons. The summed E-state index contributed by atoms with van der Waals surface area (Å²) in [5, 5.41) is 0. The van der Waals surface area contributed by atoms with Gasteiger partial charge in [-0.05, 0) is 138 Å². The normalized spacial score (nSPS) is 21.5. The predicted octanol–water partition coefficient (Wildman–Crippen LogP) is 8.87. The lowest BCUT2D eigenvalue weighted by Crippen LogP contribution is -2.41. The molecule has 1 aromatic carbocycles. The molecule has 6 heterocycles. The number of aromatic nitrogens is 3. The third-order valence-corrected chi connectivity index (χ3v) is 11.5. The van der Waals surface area contributed by atoms with Gasteiger partial charge in [0.2, 0.25) is 17.7 Å². The molecule has 9 heteroatoms. The Morgan fingerprint density at radius 1 is 0.353 bits per heavy atom. The molecule has 9 nitrogen and oxygen atoms in total. The third-order valence-electron chi connectivity index (χ3n) is 11.5. The van der Waals surface area contributed by atoms with Crippen molar-refractivity contribution in [3.05, 3.63) is 89.9 Å². The summed E-state index contributed by atoms with van der Waals surface area (Å²) in [6, 6.07) is 18.4. The maximum absolute atomic E-state index is 6.25. The van der Waals surface area contributed by atoms with Gasteiger partial charge in [0.25, 0.3) is 0 Å². The van der Waals surface area contributed by atoms with E-state index in [9.17, 15) is 0 Å². The first kappa shape index (κ1) is 34.5. The molecular formula is C42H48N6O3. The van der Waals surface area contributed by atoms with Gasteiger partial charge in [-0.1, -0.05) is 0 Å². The standard InChI is InChI=1S/C42H48N6O3/c1-37(2)40(7,8)49-34(46-37)25-13-16-31(43-22-25)28-19-29(32-17-14-26(23-44-32)35-47-38(3,4)41(9,10)50-35)21-30(20-28)33-18-15-27(24-45-33)36-48-39(5,6)42(11,12)51-36/h13-24H,1-12H3. The Morgan fingerprint density at radius 3 is 0.784 bits per heavy atom. The number of nitrogens with zero attached hydrogens (tertiary/aromatic N) is 6. The van der Waals surface area contributed by atoms with Gasteiger partial charge < -0.3 is 14.2 Å². The van der Waals surface area contributed by atoms with Crippen LogP contribution in [-0.4, -0.2) is 66.1 Å². The highest BCUT2D eigenvalue weighted by atomic mass is 16.5. The van der Waals surface area contributed by atoms with E-state index in [0.29, 0.717) is 17.7 Å². The number of benzene rings is 1. The first-order valence-corrected chi connectivity index (χ1v) is 17.6. The van der Waals surface area contributed by atoms with E-state index in [0.717, 1.165) is 50.5 Å². The first-order chi connectivity index (χ1) is 23.7. The number of hydrogen-bond acceptors (Lipinski definition) is 9. The molecule has 7 rings (SSSR count). The molecule has 0 spiro atoms. The van der Waals surface area contributed by atoms with Crippen LogP contribution >= 0.6 is 0 Å². The van der Waals surface area contributed by atoms with Crippen LogP contribution in [0.3, 0.4) is 0 Å². The maximum atomic E-state index is 6.25. The van der Waals surface area contributed by atoms with Crippen molar-refractivity contribution in [2.24, 2.45) is 15.0 Å². The third kappa shape index (κ3) is 6.00. The minimum Gasteiger partial charge on any atom is -0.469 e. The lowest BCUT2D eigenvalue weighted by atomic mass is 9.87. The van der Waals surface area contributed by atoms with E-state index < -0.39 is 16.8 Å². The van der Waals surface area contributed by atoms with Crippen molar-refractivity contribution in [3.63, 3.8) is 0 Å². The lowest BCUT2D eigenvalue weighted by molar-refractivity contribution is 0.0618. The highest BCUT2D eigenvalue weighted by Crippen LogP contribution is 2.39. The highest BCUT2D eigenvalue weighted by molar-refractivity contribution is 5.97. The molecule has 3 aliphatic heterocycles. The fourth-order valence-electron chi connectivity index (χ4n) is 5.85. The van der Waals surface area contributed by atoms with Gasteiger partial charge in [0.1, 0.15) is 16.8 Å². The molecule has 0 N–H and O–H groups in total. The van der Waals surface area contributed by atoms with E-state index in [1.54, 1.807) is 0 Å². The Kier molecular flexibility index (Phi) is 7.64. The van der Waals surface area contributed by atoms with E-state index in [4.69, 9.17) is 44.1 Å². The molecule has 0 radical (unpaired) electrons. The van der Waals surface area contributed by atoms with Crippen molar-refractivity contribution in [3.8, 4) is 33.8 Å². The van der Waals surface area contributed by atoms with Crippen molar-refractivity contribution < 1.29 is 14.2 Å². The van der Waals surface area contributed by atoms with E-state index >= 15 is 0 Å². The molecule has 0 aliphatic carbocycles. The van der Waals surface area contributed by atoms with Gasteiger partial charge in [-0.3, -0.25) is 15.0 Å².